The quantitative estimate of drug-likeness (QED) is 0.519. The molecule has 8 heteroatoms. The first kappa shape index (κ1) is 16.4. The highest BCUT2D eigenvalue weighted by Gasteiger charge is 2.22. The second-order valence-electron chi connectivity index (χ2n) is 4.97. The van der Waals surface area contributed by atoms with Gasteiger partial charge in [-0.15, -0.1) is 0 Å². The molecule has 0 aliphatic rings. The second-order valence-corrected chi connectivity index (χ2v) is 7.88. The van der Waals surface area contributed by atoms with Gasteiger partial charge in [-0.3, -0.25) is 0 Å². The van der Waals surface area contributed by atoms with Crippen molar-refractivity contribution in [2.24, 2.45) is 0 Å². The van der Waals surface area contributed by atoms with E-state index >= 15 is 0 Å². The molecule has 19 heavy (non-hydrogen) atoms. The standard InChI is InChI=1S/C11H17FIN3O2S/c1-11(2,16-19(3,17)18)6-15-10-4-7(12)8(13)5-9(10)14/h4-5,15-16H,6,14H2,1-3H3. The van der Waals surface area contributed by atoms with E-state index in [4.69, 9.17) is 5.73 Å². The van der Waals surface area contributed by atoms with Crippen molar-refractivity contribution in [3.05, 3.63) is 21.5 Å². The van der Waals surface area contributed by atoms with Crippen molar-refractivity contribution >= 4 is 44.0 Å². The number of hydrogen-bond donors (Lipinski definition) is 3. The van der Waals surface area contributed by atoms with Crippen molar-refractivity contribution in [3.8, 4) is 0 Å². The van der Waals surface area contributed by atoms with E-state index in [-0.39, 0.29) is 12.4 Å². The molecular formula is C11H17FIN3O2S. The van der Waals surface area contributed by atoms with E-state index in [1.807, 2.05) is 22.6 Å². The van der Waals surface area contributed by atoms with Crippen LogP contribution in [-0.4, -0.2) is 26.8 Å². The van der Waals surface area contributed by atoms with E-state index < -0.39 is 15.6 Å². The lowest BCUT2D eigenvalue weighted by molar-refractivity contribution is 0.476. The molecule has 108 valence electrons. The van der Waals surface area contributed by atoms with Crippen LogP contribution < -0.4 is 15.8 Å². The summed E-state index contributed by atoms with van der Waals surface area (Å²) in [7, 11) is -3.31. The molecule has 5 nitrogen and oxygen atoms in total. The Bertz CT molecular complexity index is 576. The summed E-state index contributed by atoms with van der Waals surface area (Å²) in [4.78, 5) is 0. The molecule has 0 fully saturated rings. The first-order valence-corrected chi connectivity index (χ1v) is 8.44. The Kier molecular flexibility index (Phi) is 5.02. The van der Waals surface area contributed by atoms with Crippen LogP contribution in [0.25, 0.3) is 0 Å². The van der Waals surface area contributed by atoms with Gasteiger partial charge in [0.05, 0.1) is 21.2 Å². The SMILES string of the molecule is CC(C)(CNc1cc(F)c(I)cc1N)NS(C)(=O)=O. The van der Waals surface area contributed by atoms with Crippen molar-refractivity contribution in [1.82, 2.24) is 4.72 Å². The summed E-state index contributed by atoms with van der Waals surface area (Å²) in [6, 6.07) is 2.82. The molecule has 1 aromatic rings. The van der Waals surface area contributed by atoms with E-state index in [0.717, 1.165) is 6.26 Å². The van der Waals surface area contributed by atoms with Crippen LogP contribution in [-0.2, 0) is 10.0 Å². The number of hydrogen-bond acceptors (Lipinski definition) is 4. The first-order valence-electron chi connectivity index (χ1n) is 5.47. The summed E-state index contributed by atoms with van der Waals surface area (Å²) in [5.74, 6) is -0.369. The predicted molar refractivity (Wildman–Crippen MR) is 84.1 cm³/mol. The van der Waals surface area contributed by atoms with Gasteiger partial charge in [0, 0.05) is 18.2 Å². The van der Waals surface area contributed by atoms with Gasteiger partial charge in [-0.2, -0.15) is 0 Å². The van der Waals surface area contributed by atoms with Gasteiger partial charge in [-0.05, 0) is 42.5 Å². The van der Waals surface area contributed by atoms with Gasteiger partial charge < -0.3 is 11.1 Å². The summed E-state index contributed by atoms with van der Waals surface area (Å²) >= 11 is 1.85. The summed E-state index contributed by atoms with van der Waals surface area (Å²) < 4.78 is 38.8. The number of sulfonamides is 1. The lowest BCUT2D eigenvalue weighted by atomic mass is 10.1. The van der Waals surface area contributed by atoms with Gasteiger partial charge in [0.2, 0.25) is 10.0 Å². The topological polar surface area (TPSA) is 84.2 Å². The Morgan fingerprint density at radius 2 is 2.00 bits per heavy atom. The largest absolute Gasteiger partial charge is 0.397 e. The molecule has 1 rings (SSSR count). The Hall–Kier alpha value is -0.610. The van der Waals surface area contributed by atoms with Crippen molar-refractivity contribution < 1.29 is 12.8 Å². The van der Waals surface area contributed by atoms with Crippen molar-refractivity contribution in [3.63, 3.8) is 0 Å². The predicted octanol–water partition coefficient (Wildman–Crippen LogP) is 1.75. The van der Waals surface area contributed by atoms with E-state index in [1.54, 1.807) is 13.8 Å². The number of halogens is 2. The lowest BCUT2D eigenvalue weighted by Crippen LogP contribution is -2.47. The molecule has 0 radical (unpaired) electrons. The van der Waals surface area contributed by atoms with Gasteiger partial charge in [0.1, 0.15) is 5.82 Å². The van der Waals surface area contributed by atoms with Crippen LogP contribution in [0.3, 0.4) is 0 Å². The summed E-state index contributed by atoms with van der Waals surface area (Å²) in [5.41, 5.74) is 5.93. The molecule has 0 atom stereocenters. The van der Waals surface area contributed by atoms with Crippen molar-refractivity contribution in [2.45, 2.75) is 19.4 Å². The molecular weight excluding hydrogens is 384 g/mol. The minimum absolute atomic E-state index is 0.282. The maximum atomic E-state index is 13.4. The van der Waals surface area contributed by atoms with Gasteiger partial charge in [-0.1, -0.05) is 0 Å². The number of rotatable bonds is 5. The Balaban J connectivity index is 2.79. The van der Waals surface area contributed by atoms with Crippen molar-refractivity contribution in [2.75, 3.05) is 23.9 Å². The zero-order valence-electron chi connectivity index (χ0n) is 10.9. The van der Waals surface area contributed by atoms with Crippen LogP contribution in [0, 0.1) is 9.39 Å². The van der Waals surface area contributed by atoms with Crippen molar-refractivity contribution in [1.29, 1.82) is 0 Å². The third-order valence-corrected chi connectivity index (χ3v) is 4.02. The van der Waals surface area contributed by atoms with Crippen LogP contribution in [0.5, 0.6) is 0 Å². The van der Waals surface area contributed by atoms with Gasteiger partial charge >= 0.3 is 0 Å². The van der Waals surface area contributed by atoms with E-state index in [2.05, 4.69) is 10.0 Å². The normalized spacial score (nSPS) is 12.5. The van der Waals surface area contributed by atoms with Crippen LogP contribution in [0.1, 0.15) is 13.8 Å². The minimum Gasteiger partial charge on any atom is -0.397 e. The fourth-order valence-corrected chi connectivity index (χ4v) is 3.14. The lowest BCUT2D eigenvalue weighted by Gasteiger charge is -2.26. The molecule has 0 unspecified atom stereocenters. The molecule has 0 spiro atoms. The zero-order valence-corrected chi connectivity index (χ0v) is 13.9. The van der Waals surface area contributed by atoms with Crippen LogP contribution >= 0.6 is 22.6 Å². The molecule has 0 heterocycles. The van der Waals surface area contributed by atoms with E-state index in [1.165, 1.54) is 12.1 Å². The molecule has 0 saturated heterocycles. The van der Waals surface area contributed by atoms with E-state index in [9.17, 15) is 12.8 Å². The molecule has 0 amide bonds. The highest BCUT2D eigenvalue weighted by atomic mass is 127. The number of anilines is 2. The third-order valence-electron chi connectivity index (χ3n) is 2.27. The highest BCUT2D eigenvalue weighted by Crippen LogP contribution is 2.24. The second kappa shape index (κ2) is 5.80. The molecule has 0 aliphatic carbocycles. The average molecular weight is 401 g/mol. The Labute approximate surface area is 126 Å². The molecule has 0 saturated carbocycles. The van der Waals surface area contributed by atoms with Gasteiger partial charge in [-0.25, -0.2) is 17.5 Å². The molecule has 0 aromatic heterocycles. The fraction of sp³-hybridized carbons (Fsp3) is 0.455. The maximum absolute atomic E-state index is 13.4. The summed E-state index contributed by atoms with van der Waals surface area (Å²) in [6.07, 6.45) is 1.09. The molecule has 0 bridgehead atoms. The maximum Gasteiger partial charge on any atom is 0.209 e. The minimum atomic E-state index is -3.31. The van der Waals surface area contributed by atoms with E-state index in [0.29, 0.717) is 14.9 Å². The number of nitrogen functional groups attached to an aromatic ring is 1. The van der Waals surface area contributed by atoms with Gasteiger partial charge in [0.15, 0.2) is 0 Å². The average Bonchev–Trinajstić information content (AvgIpc) is 2.18. The van der Waals surface area contributed by atoms with Crippen LogP contribution in [0.15, 0.2) is 12.1 Å². The third kappa shape index (κ3) is 5.49. The highest BCUT2D eigenvalue weighted by molar-refractivity contribution is 14.1. The van der Waals surface area contributed by atoms with Crippen LogP contribution in [0.2, 0.25) is 0 Å². The smallest absolute Gasteiger partial charge is 0.209 e. The Morgan fingerprint density at radius 3 is 2.53 bits per heavy atom. The van der Waals surface area contributed by atoms with Gasteiger partial charge in [0.25, 0.3) is 0 Å². The summed E-state index contributed by atoms with van der Waals surface area (Å²) in [6.45, 7) is 3.73. The molecule has 0 aliphatic heterocycles. The number of nitrogens with two attached hydrogens (primary N) is 1. The summed E-state index contributed by atoms with van der Waals surface area (Å²) in [5, 5.41) is 2.95. The Morgan fingerprint density at radius 1 is 1.42 bits per heavy atom. The molecule has 1 aromatic carbocycles. The molecule has 4 N–H and O–H groups in total. The number of benzene rings is 1. The number of nitrogens with one attached hydrogen (secondary N) is 2. The monoisotopic (exact) mass is 401 g/mol. The first-order chi connectivity index (χ1) is 8.50. The zero-order chi connectivity index (χ0) is 14.8. The van der Waals surface area contributed by atoms with Crippen LogP contribution in [0.4, 0.5) is 15.8 Å². The fourth-order valence-electron chi connectivity index (χ4n) is 1.57.